The summed E-state index contributed by atoms with van der Waals surface area (Å²) >= 11 is 0. The Labute approximate surface area is 118 Å². The van der Waals surface area contributed by atoms with Gasteiger partial charge in [-0.1, -0.05) is 0 Å². The largest absolute Gasteiger partial charge is 0.465 e. The topological polar surface area (TPSA) is 118 Å². The minimum Gasteiger partial charge on any atom is -0.465 e. The van der Waals surface area contributed by atoms with Crippen molar-refractivity contribution in [3.05, 3.63) is 41.8 Å². The Morgan fingerprint density at radius 3 is 2.76 bits per heavy atom. The average molecular weight is 293 g/mol. The molecule has 8 heteroatoms. The van der Waals surface area contributed by atoms with Gasteiger partial charge < -0.3 is 20.7 Å². The zero-order valence-corrected chi connectivity index (χ0v) is 10.7. The Morgan fingerprint density at radius 2 is 2.14 bits per heavy atom. The van der Waals surface area contributed by atoms with Crippen LogP contribution in [0.15, 0.2) is 30.5 Å². The summed E-state index contributed by atoms with van der Waals surface area (Å²) in [5, 5.41) is 20.1. The molecule has 1 aromatic heterocycles. The molecule has 110 valence electrons. The third kappa shape index (κ3) is 3.37. The first-order valence-corrected chi connectivity index (χ1v) is 5.83. The SMILES string of the molecule is Nc1ccc(Oc2ccnc(NC(=O)O)c2CO)c(F)c1. The lowest BCUT2D eigenvalue weighted by Crippen LogP contribution is -2.11. The van der Waals surface area contributed by atoms with Crippen molar-refractivity contribution in [1.82, 2.24) is 4.98 Å². The number of ether oxygens (including phenoxy) is 1. The van der Waals surface area contributed by atoms with Crippen LogP contribution < -0.4 is 15.8 Å². The van der Waals surface area contributed by atoms with Crippen LogP contribution in [-0.2, 0) is 6.61 Å². The van der Waals surface area contributed by atoms with Gasteiger partial charge in [0.2, 0.25) is 0 Å². The number of aromatic nitrogens is 1. The van der Waals surface area contributed by atoms with Crippen LogP contribution in [0.1, 0.15) is 5.56 Å². The quantitative estimate of drug-likeness (QED) is 0.642. The van der Waals surface area contributed by atoms with E-state index in [1.807, 2.05) is 5.32 Å². The molecule has 0 radical (unpaired) electrons. The number of hydrogen-bond donors (Lipinski definition) is 4. The molecule has 1 heterocycles. The van der Waals surface area contributed by atoms with Crippen molar-refractivity contribution in [3.8, 4) is 11.5 Å². The van der Waals surface area contributed by atoms with Crippen LogP contribution in [0, 0.1) is 5.82 Å². The Kier molecular flexibility index (Phi) is 4.19. The molecule has 0 spiro atoms. The lowest BCUT2D eigenvalue weighted by Gasteiger charge is -2.13. The van der Waals surface area contributed by atoms with Crippen LogP contribution in [0.3, 0.4) is 0 Å². The normalized spacial score (nSPS) is 10.2. The molecule has 0 saturated carbocycles. The third-order valence-electron chi connectivity index (χ3n) is 2.57. The molecular formula is C13H12FN3O4. The Morgan fingerprint density at radius 1 is 1.38 bits per heavy atom. The predicted octanol–water partition coefficient (Wildman–Crippen LogP) is 2.18. The Bertz CT molecular complexity index is 678. The summed E-state index contributed by atoms with van der Waals surface area (Å²) in [5.41, 5.74) is 5.77. The van der Waals surface area contributed by atoms with E-state index < -0.39 is 18.5 Å². The first-order valence-electron chi connectivity index (χ1n) is 5.83. The first kappa shape index (κ1) is 14.5. The molecule has 0 atom stereocenters. The maximum absolute atomic E-state index is 13.7. The molecule has 7 nitrogen and oxygen atoms in total. The zero-order chi connectivity index (χ0) is 15.4. The maximum Gasteiger partial charge on any atom is 0.410 e. The minimum atomic E-state index is -1.34. The van der Waals surface area contributed by atoms with Crippen LogP contribution in [0.4, 0.5) is 20.7 Å². The van der Waals surface area contributed by atoms with Crippen molar-refractivity contribution in [1.29, 1.82) is 0 Å². The zero-order valence-electron chi connectivity index (χ0n) is 10.7. The van der Waals surface area contributed by atoms with Gasteiger partial charge in [0.25, 0.3) is 0 Å². The fourth-order valence-electron chi connectivity index (χ4n) is 1.65. The Hall–Kier alpha value is -2.87. The van der Waals surface area contributed by atoms with Gasteiger partial charge in [-0.25, -0.2) is 14.2 Å². The van der Waals surface area contributed by atoms with Gasteiger partial charge in [-0.3, -0.25) is 5.32 Å². The monoisotopic (exact) mass is 293 g/mol. The summed E-state index contributed by atoms with van der Waals surface area (Å²) in [4.78, 5) is 14.4. The highest BCUT2D eigenvalue weighted by atomic mass is 19.1. The smallest absolute Gasteiger partial charge is 0.410 e. The number of pyridine rings is 1. The van der Waals surface area contributed by atoms with Crippen molar-refractivity contribution in [2.45, 2.75) is 6.61 Å². The number of hydrogen-bond acceptors (Lipinski definition) is 5. The van der Waals surface area contributed by atoms with Crippen molar-refractivity contribution in [2.24, 2.45) is 0 Å². The predicted molar refractivity (Wildman–Crippen MR) is 72.7 cm³/mol. The molecule has 0 unspecified atom stereocenters. The van der Waals surface area contributed by atoms with Crippen molar-refractivity contribution in [3.63, 3.8) is 0 Å². The standard InChI is InChI=1S/C13H12FN3O4/c14-9-5-7(15)1-2-11(9)21-10-3-4-16-12(8(10)6-18)17-13(19)20/h1-5,18H,6,15H2,(H,16,17)(H,19,20). The number of benzene rings is 1. The van der Waals surface area contributed by atoms with Crippen LogP contribution in [0.25, 0.3) is 0 Å². The van der Waals surface area contributed by atoms with Gasteiger partial charge in [0.15, 0.2) is 11.6 Å². The molecule has 0 fully saturated rings. The van der Waals surface area contributed by atoms with Gasteiger partial charge in [-0.2, -0.15) is 0 Å². The molecule has 5 N–H and O–H groups in total. The maximum atomic E-state index is 13.7. The lowest BCUT2D eigenvalue weighted by atomic mass is 10.2. The summed E-state index contributed by atoms with van der Waals surface area (Å²) in [5.74, 6) is -0.784. The number of rotatable bonds is 4. The van der Waals surface area contributed by atoms with E-state index >= 15 is 0 Å². The lowest BCUT2D eigenvalue weighted by molar-refractivity contribution is 0.209. The van der Waals surface area contributed by atoms with E-state index in [1.165, 1.54) is 24.4 Å². The van der Waals surface area contributed by atoms with Gasteiger partial charge in [0.05, 0.1) is 12.2 Å². The highest BCUT2D eigenvalue weighted by Crippen LogP contribution is 2.31. The molecular weight excluding hydrogens is 281 g/mol. The summed E-state index contributed by atoms with van der Waals surface area (Å²) in [6.07, 6.45) is -0.0670. The van der Waals surface area contributed by atoms with Crippen LogP contribution >= 0.6 is 0 Å². The second-order valence-corrected chi connectivity index (χ2v) is 4.02. The third-order valence-corrected chi connectivity index (χ3v) is 2.57. The van der Waals surface area contributed by atoms with E-state index in [2.05, 4.69) is 4.98 Å². The van der Waals surface area contributed by atoms with Gasteiger partial charge in [-0.15, -0.1) is 0 Å². The second kappa shape index (κ2) is 6.06. The second-order valence-electron chi connectivity index (χ2n) is 4.02. The summed E-state index contributed by atoms with van der Waals surface area (Å²) < 4.78 is 19.0. The summed E-state index contributed by atoms with van der Waals surface area (Å²) in [6, 6.07) is 5.26. The fourth-order valence-corrected chi connectivity index (χ4v) is 1.65. The van der Waals surface area contributed by atoms with Crippen molar-refractivity contribution < 1.29 is 24.1 Å². The van der Waals surface area contributed by atoms with Gasteiger partial charge in [0, 0.05) is 18.0 Å². The fraction of sp³-hybridized carbons (Fsp3) is 0.0769. The minimum absolute atomic E-state index is 0.0833. The number of aliphatic hydroxyl groups excluding tert-OH is 1. The number of nitrogen functional groups attached to an aromatic ring is 1. The number of nitrogens with one attached hydrogen (secondary N) is 1. The Balaban J connectivity index is 2.37. The van der Waals surface area contributed by atoms with Crippen molar-refractivity contribution in [2.75, 3.05) is 11.1 Å². The highest BCUT2D eigenvalue weighted by Gasteiger charge is 2.14. The van der Waals surface area contributed by atoms with Gasteiger partial charge in [-0.05, 0) is 18.2 Å². The highest BCUT2D eigenvalue weighted by molar-refractivity contribution is 5.83. The molecule has 1 aromatic carbocycles. The van der Waals surface area contributed by atoms with Crippen LogP contribution in [-0.4, -0.2) is 21.3 Å². The molecule has 0 aliphatic rings. The number of aliphatic hydroxyl groups is 1. The summed E-state index contributed by atoms with van der Waals surface area (Å²) in [6.45, 7) is -0.532. The number of carboxylic acid groups (broad SMARTS) is 1. The molecule has 0 aliphatic carbocycles. The molecule has 0 bridgehead atoms. The number of anilines is 2. The average Bonchev–Trinajstić information content (AvgIpc) is 2.41. The molecule has 0 aliphatic heterocycles. The van der Waals surface area contributed by atoms with E-state index in [-0.39, 0.29) is 28.6 Å². The number of nitrogens with zero attached hydrogens (tertiary/aromatic N) is 1. The number of nitrogens with two attached hydrogens (primary N) is 1. The molecule has 21 heavy (non-hydrogen) atoms. The first-order chi connectivity index (χ1) is 10.0. The molecule has 1 amide bonds. The number of carbonyl (C=O) groups is 1. The van der Waals surface area contributed by atoms with Crippen LogP contribution in [0.2, 0.25) is 0 Å². The van der Waals surface area contributed by atoms with E-state index in [0.29, 0.717) is 0 Å². The van der Waals surface area contributed by atoms with E-state index in [1.54, 1.807) is 0 Å². The van der Waals surface area contributed by atoms with E-state index in [9.17, 15) is 14.3 Å². The van der Waals surface area contributed by atoms with Crippen LogP contribution in [0.5, 0.6) is 11.5 Å². The number of halogens is 1. The number of amides is 1. The molecule has 2 rings (SSSR count). The molecule has 2 aromatic rings. The van der Waals surface area contributed by atoms with E-state index in [4.69, 9.17) is 15.6 Å². The van der Waals surface area contributed by atoms with E-state index in [0.717, 1.165) is 6.07 Å². The van der Waals surface area contributed by atoms with Crippen molar-refractivity contribution >= 4 is 17.6 Å². The summed E-state index contributed by atoms with van der Waals surface area (Å²) in [7, 11) is 0. The van der Waals surface area contributed by atoms with Gasteiger partial charge in [0.1, 0.15) is 11.6 Å². The molecule has 0 saturated heterocycles. The van der Waals surface area contributed by atoms with Gasteiger partial charge >= 0.3 is 6.09 Å².